The highest BCUT2D eigenvalue weighted by Gasteiger charge is 2.19. The number of carbonyl (C=O) groups excluding carboxylic acids is 2. The molecule has 1 aliphatic heterocycles. The second kappa shape index (κ2) is 6.26. The van der Waals surface area contributed by atoms with Crippen molar-refractivity contribution in [2.45, 2.75) is 19.3 Å². The lowest BCUT2D eigenvalue weighted by molar-refractivity contribution is -0.127. The predicted octanol–water partition coefficient (Wildman–Crippen LogP) is 0.963. The van der Waals surface area contributed by atoms with Crippen LogP contribution in [0, 0.1) is 5.82 Å². The minimum Gasteiger partial charge on any atom is -0.352 e. The molecular formula is C13H16FN3O2. The molecule has 1 N–H and O–H groups in total. The molecule has 1 fully saturated rings. The molecule has 102 valence electrons. The third-order valence-corrected chi connectivity index (χ3v) is 3.08. The lowest BCUT2D eigenvalue weighted by Crippen LogP contribution is -2.31. The minimum atomic E-state index is -0.630. The van der Waals surface area contributed by atoms with Gasteiger partial charge in [-0.1, -0.05) is 0 Å². The first-order valence-corrected chi connectivity index (χ1v) is 6.34. The van der Waals surface area contributed by atoms with E-state index >= 15 is 0 Å². The zero-order valence-corrected chi connectivity index (χ0v) is 10.6. The molecule has 1 saturated heterocycles. The van der Waals surface area contributed by atoms with Gasteiger partial charge in [0.05, 0.1) is 11.8 Å². The second-order valence-corrected chi connectivity index (χ2v) is 4.45. The van der Waals surface area contributed by atoms with E-state index in [1.807, 2.05) is 0 Å². The van der Waals surface area contributed by atoms with Crippen LogP contribution >= 0.6 is 0 Å². The fourth-order valence-electron chi connectivity index (χ4n) is 2.07. The first-order valence-electron chi connectivity index (χ1n) is 6.34. The van der Waals surface area contributed by atoms with Crippen LogP contribution in [0.3, 0.4) is 0 Å². The van der Waals surface area contributed by atoms with E-state index in [0.717, 1.165) is 19.2 Å². The fourth-order valence-corrected chi connectivity index (χ4v) is 2.07. The van der Waals surface area contributed by atoms with Gasteiger partial charge in [-0.25, -0.2) is 4.39 Å². The minimum absolute atomic E-state index is 0.00718. The Morgan fingerprint density at radius 1 is 1.53 bits per heavy atom. The number of hydrogen-bond acceptors (Lipinski definition) is 3. The van der Waals surface area contributed by atoms with Gasteiger partial charge in [0.25, 0.3) is 5.91 Å². The van der Waals surface area contributed by atoms with Crippen LogP contribution in [0.1, 0.15) is 29.6 Å². The van der Waals surface area contributed by atoms with Crippen molar-refractivity contribution >= 4 is 11.8 Å². The van der Waals surface area contributed by atoms with Crippen molar-refractivity contribution in [2.24, 2.45) is 0 Å². The molecule has 1 aromatic heterocycles. The number of rotatable bonds is 5. The zero-order valence-electron chi connectivity index (χ0n) is 10.6. The van der Waals surface area contributed by atoms with E-state index in [4.69, 9.17) is 0 Å². The standard InChI is InChI=1S/C13H16FN3O2/c14-11-9-15-6-4-10(11)13(19)16-5-2-8-17-7-1-3-12(17)18/h4,6,9H,1-3,5,7-8H2,(H,16,19). The van der Waals surface area contributed by atoms with E-state index in [9.17, 15) is 14.0 Å². The van der Waals surface area contributed by atoms with Crippen LogP contribution in [0.15, 0.2) is 18.5 Å². The normalized spacial score (nSPS) is 14.8. The summed E-state index contributed by atoms with van der Waals surface area (Å²) in [7, 11) is 0. The van der Waals surface area contributed by atoms with E-state index in [-0.39, 0.29) is 11.5 Å². The van der Waals surface area contributed by atoms with Crippen molar-refractivity contribution in [1.82, 2.24) is 15.2 Å². The average molecular weight is 265 g/mol. The number of nitrogens with one attached hydrogen (secondary N) is 1. The molecule has 0 radical (unpaired) electrons. The molecule has 19 heavy (non-hydrogen) atoms. The summed E-state index contributed by atoms with van der Waals surface area (Å²) in [5.41, 5.74) is -0.00718. The van der Waals surface area contributed by atoms with Gasteiger partial charge in [0.15, 0.2) is 5.82 Å². The van der Waals surface area contributed by atoms with Gasteiger partial charge in [0, 0.05) is 32.3 Å². The van der Waals surface area contributed by atoms with Crippen LogP contribution in [0.25, 0.3) is 0 Å². The van der Waals surface area contributed by atoms with Gasteiger partial charge in [0.1, 0.15) is 0 Å². The first-order chi connectivity index (χ1) is 9.18. The number of amides is 2. The molecule has 2 heterocycles. The summed E-state index contributed by atoms with van der Waals surface area (Å²) in [6, 6.07) is 1.34. The number of hydrogen-bond donors (Lipinski definition) is 1. The van der Waals surface area contributed by atoms with Crippen LogP contribution in [-0.4, -0.2) is 41.3 Å². The molecule has 0 unspecified atom stereocenters. The number of nitrogens with zero attached hydrogens (tertiary/aromatic N) is 2. The molecule has 0 bridgehead atoms. The lowest BCUT2D eigenvalue weighted by Gasteiger charge is -2.15. The topological polar surface area (TPSA) is 62.3 Å². The number of halogens is 1. The summed E-state index contributed by atoms with van der Waals surface area (Å²) >= 11 is 0. The molecule has 0 aromatic carbocycles. The smallest absolute Gasteiger partial charge is 0.254 e. The maximum absolute atomic E-state index is 13.3. The van der Waals surface area contributed by atoms with Crippen molar-refractivity contribution in [1.29, 1.82) is 0 Å². The monoisotopic (exact) mass is 265 g/mol. The van der Waals surface area contributed by atoms with Gasteiger partial charge in [-0.05, 0) is 18.9 Å². The number of carbonyl (C=O) groups is 2. The zero-order chi connectivity index (χ0) is 13.7. The molecule has 1 aromatic rings. The summed E-state index contributed by atoms with van der Waals surface area (Å²) < 4.78 is 13.3. The van der Waals surface area contributed by atoms with Gasteiger partial charge in [0.2, 0.25) is 5.91 Å². The van der Waals surface area contributed by atoms with E-state index in [1.54, 1.807) is 4.90 Å². The molecular weight excluding hydrogens is 249 g/mol. The maximum Gasteiger partial charge on any atom is 0.254 e. The summed E-state index contributed by atoms with van der Waals surface area (Å²) in [4.78, 5) is 28.4. The SMILES string of the molecule is O=C(NCCCN1CCCC1=O)c1ccncc1F. The molecule has 2 amide bonds. The van der Waals surface area contributed by atoms with Crippen LogP contribution in [0.4, 0.5) is 4.39 Å². The maximum atomic E-state index is 13.3. The highest BCUT2D eigenvalue weighted by Crippen LogP contribution is 2.09. The third kappa shape index (κ3) is 3.49. The van der Waals surface area contributed by atoms with Gasteiger partial charge < -0.3 is 10.2 Å². The highest BCUT2D eigenvalue weighted by atomic mass is 19.1. The van der Waals surface area contributed by atoms with E-state index < -0.39 is 11.7 Å². The van der Waals surface area contributed by atoms with Crippen LogP contribution < -0.4 is 5.32 Å². The molecule has 2 rings (SSSR count). The first kappa shape index (κ1) is 13.5. The number of aromatic nitrogens is 1. The molecule has 0 atom stereocenters. The number of pyridine rings is 1. The van der Waals surface area contributed by atoms with Gasteiger partial charge in [-0.15, -0.1) is 0 Å². The third-order valence-electron chi connectivity index (χ3n) is 3.08. The Balaban J connectivity index is 1.72. The molecule has 0 saturated carbocycles. The van der Waals surface area contributed by atoms with Gasteiger partial charge in [-0.2, -0.15) is 0 Å². The summed E-state index contributed by atoms with van der Waals surface area (Å²) in [5.74, 6) is -0.908. The molecule has 1 aliphatic rings. The van der Waals surface area contributed by atoms with E-state index in [0.29, 0.717) is 25.9 Å². The molecule has 0 aliphatic carbocycles. The van der Waals surface area contributed by atoms with Crippen molar-refractivity contribution in [3.05, 3.63) is 29.8 Å². The summed E-state index contributed by atoms with van der Waals surface area (Å²) in [5, 5.41) is 2.63. The average Bonchev–Trinajstić information content (AvgIpc) is 2.80. The Morgan fingerprint density at radius 2 is 2.37 bits per heavy atom. The molecule has 5 nitrogen and oxygen atoms in total. The predicted molar refractivity (Wildman–Crippen MR) is 67.0 cm³/mol. The quantitative estimate of drug-likeness (QED) is 0.807. The van der Waals surface area contributed by atoms with Crippen molar-refractivity contribution in [2.75, 3.05) is 19.6 Å². The van der Waals surface area contributed by atoms with Crippen LogP contribution in [0.5, 0.6) is 0 Å². The Hall–Kier alpha value is -1.98. The van der Waals surface area contributed by atoms with E-state index in [2.05, 4.69) is 10.3 Å². The Bertz CT molecular complexity index is 479. The van der Waals surface area contributed by atoms with Crippen molar-refractivity contribution in [3.8, 4) is 0 Å². The van der Waals surface area contributed by atoms with Crippen LogP contribution in [-0.2, 0) is 4.79 Å². The fraction of sp³-hybridized carbons (Fsp3) is 0.462. The Labute approximate surface area is 110 Å². The highest BCUT2D eigenvalue weighted by molar-refractivity contribution is 5.94. The Kier molecular flexibility index (Phi) is 4.43. The van der Waals surface area contributed by atoms with Gasteiger partial charge in [-0.3, -0.25) is 14.6 Å². The molecule has 6 heteroatoms. The Morgan fingerprint density at radius 3 is 3.05 bits per heavy atom. The second-order valence-electron chi connectivity index (χ2n) is 4.45. The van der Waals surface area contributed by atoms with Crippen molar-refractivity contribution in [3.63, 3.8) is 0 Å². The summed E-state index contributed by atoms with van der Waals surface area (Å²) in [6.07, 6.45) is 4.59. The van der Waals surface area contributed by atoms with Gasteiger partial charge >= 0.3 is 0 Å². The van der Waals surface area contributed by atoms with Crippen LogP contribution in [0.2, 0.25) is 0 Å². The summed E-state index contributed by atoms with van der Waals surface area (Å²) in [6.45, 7) is 1.86. The van der Waals surface area contributed by atoms with E-state index in [1.165, 1.54) is 12.3 Å². The lowest BCUT2D eigenvalue weighted by atomic mass is 10.2. The van der Waals surface area contributed by atoms with Crippen molar-refractivity contribution < 1.29 is 14.0 Å². The number of likely N-dealkylation sites (tertiary alicyclic amines) is 1. The largest absolute Gasteiger partial charge is 0.352 e. The molecule has 0 spiro atoms.